The Bertz CT molecular complexity index is 325. The largest absolute Gasteiger partial charge is 0.573 e. The molecule has 84 valence electrons. The lowest BCUT2D eigenvalue weighted by atomic mass is 10.2. The molecule has 1 aromatic carbocycles. The Labute approximate surface area is 102 Å². The van der Waals surface area contributed by atoms with Gasteiger partial charge in [-0.05, 0) is 24.1 Å². The maximum absolute atomic E-state index is 11.9. The van der Waals surface area contributed by atoms with Crippen molar-refractivity contribution in [3.63, 3.8) is 0 Å². The molecule has 0 aromatic heterocycles. The summed E-state index contributed by atoms with van der Waals surface area (Å²) in [5.41, 5.74) is 0.760. The van der Waals surface area contributed by atoms with Crippen LogP contribution in [0.4, 0.5) is 13.2 Å². The smallest absolute Gasteiger partial charge is 0.406 e. The van der Waals surface area contributed by atoms with Crippen LogP contribution in [0.15, 0.2) is 24.3 Å². The van der Waals surface area contributed by atoms with Crippen LogP contribution in [-0.4, -0.2) is 10.1 Å². The van der Waals surface area contributed by atoms with Crippen LogP contribution >= 0.6 is 31.9 Å². The Morgan fingerprint density at radius 3 is 2.47 bits per heavy atom. The van der Waals surface area contributed by atoms with Crippen LogP contribution in [0.1, 0.15) is 5.56 Å². The van der Waals surface area contributed by atoms with Gasteiger partial charge in [0.2, 0.25) is 0 Å². The van der Waals surface area contributed by atoms with Crippen molar-refractivity contribution >= 4 is 31.9 Å². The first-order valence-corrected chi connectivity index (χ1v) is 5.83. The second kappa shape index (κ2) is 5.21. The predicted molar refractivity (Wildman–Crippen MR) is 58.5 cm³/mol. The minimum absolute atomic E-state index is 0.0335. The van der Waals surface area contributed by atoms with E-state index in [4.69, 9.17) is 0 Å². The van der Waals surface area contributed by atoms with Crippen molar-refractivity contribution in [3.8, 4) is 5.75 Å². The lowest BCUT2D eigenvalue weighted by Crippen LogP contribution is -2.17. The van der Waals surface area contributed by atoms with Gasteiger partial charge in [0.05, 0.1) is 3.74 Å². The maximum atomic E-state index is 11.9. The SMILES string of the molecule is FC(F)(F)Oc1cccc(CC(Br)Br)c1. The van der Waals surface area contributed by atoms with Crippen molar-refractivity contribution in [2.24, 2.45) is 0 Å². The van der Waals surface area contributed by atoms with Crippen molar-refractivity contribution < 1.29 is 17.9 Å². The van der Waals surface area contributed by atoms with Crippen LogP contribution < -0.4 is 4.74 Å². The van der Waals surface area contributed by atoms with Crippen LogP contribution in [-0.2, 0) is 6.42 Å². The summed E-state index contributed by atoms with van der Waals surface area (Å²) in [4.78, 5) is 0. The topological polar surface area (TPSA) is 9.23 Å². The predicted octanol–water partition coefficient (Wildman–Crippen LogP) is 4.24. The molecule has 1 rings (SSSR count). The normalized spacial score (nSPS) is 11.9. The van der Waals surface area contributed by atoms with E-state index >= 15 is 0 Å². The summed E-state index contributed by atoms with van der Waals surface area (Å²) in [6.45, 7) is 0. The van der Waals surface area contributed by atoms with Crippen molar-refractivity contribution in [2.45, 2.75) is 16.5 Å². The van der Waals surface area contributed by atoms with E-state index in [2.05, 4.69) is 36.6 Å². The Morgan fingerprint density at radius 2 is 1.93 bits per heavy atom. The first-order valence-electron chi connectivity index (χ1n) is 3.99. The summed E-state index contributed by atoms with van der Waals surface area (Å²) in [7, 11) is 0. The lowest BCUT2D eigenvalue weighted by Gasteiger charge is -2.10. The zero-order valence-electron chi connectivity index (χ0n) is 7.39. The average molecular weight is 348 g/mol. The van der Waals surface area contributed by atoms with Gasteiger partial charge in [0, 0.05) is 0 Å². The highest BCUT2D eigenvalue weighted by molar-refractivity contribution is 9.24. The first kappa shape index (κ1) is 12.8. The Hall–Kier alpha value is -0.230. The van der Waals surface area contributed by atoms with Gasteiger partial charge in [-0.3, -0.25) is 0 Å². The number of ether oxygens (including phenoxy) is 1. The van der Waals surface area contributed by atoms with E-state index in [1.165, 1.54) is 18.2 Å². The fourth-order valence-corrected chi connectivity index (χ4v) is 1.80. The fraction of sp³-hybridized carbons (Fsp3) is 0.333. The van der Waals surface area contributed by atoms with E-state index in [1.54, 1.807) is 6.07 Å². The van der Waals surface area contributed by atoms with Gasteiger partial charge in [0.25, 0.3) is 0 Å². The van der Waals surface area contributed by atoms with Gasteiger partial charge in [0.1, 0.15) is 5.75 Å². The number of benzene rings is 1. The van der Waals surface area contributed by atoms with Gasteiger partial charge in [-0.25, -0.2) is 0 Å². The molecular weight excluding hydrogens is 341 g/mol. The number of hydrogen-bond donors (Lipinski definition) is 0. The summed E-state index contributed by atoms with van der Waals surface area (Å²) >= 11 is 6.50. The van der Waals surface area contributed by atoms with Crippen molar-refractivity contribution in [1.29, 1.82) is 0 Å². The van der Waals surface area contributed by atoms with Gasteiger partial charge in [-0.15, -0.1) is 13.2 Å². The van der Waals surface area contributed by atoms with Gasteiger partial charge in [0.15, 0.2) is 0 Å². The molecule has 1 aromatic rings. The summed E-state index contributed by atoms with van der Waals surface area (Å²) in [6.07, 6.45) is -4.06. The molecular formula is C9H7Br2F3O. The van der Waals surface area contributed by atoms with Gasteiger partial charge in [-0.2, -0.15) is 0 Å². The quantitative estimate of drug-likeness (QED) is 0.743. The number of hydrogen-bond acceptors (Lipinski definition) is 1. The summed E-state index contributed by atoms with van der Waals surface area (Å²) in [5, 5.41) is 0. The Balaban J connectivity index is 2.74. The Morgan fingerprint density at radius 1 is 1.27 bits per heavy atom. The molecule has 0 heterocycles. The summed E-state index contributed by atoms with van der Waals surface area (Å²) in [5.74, 6) is -0.194. The lowest BCUT2D eigenvalue weighted by molar-refractivity contribution is -0.274. The van der Waals surface area contributed by atoms with Gasteiger partial charge in [-0.1, -0.05) is 44.0 Å². The molecule has 0 saturated heterocycles. The molecule has 0 aliphatic carbocycles. The highest BCUT2D eigenvalue weighted by atomic mass is 79.9. The van der Waals surface area contributed by atoms with Gasteiger partial charge < -0.3 is 4.74 Å². The standard InChI is InChI=1S/C9H7Br2F3O/c10-8(11)5-6-2-1-3-7(4-6)15-9(12,13)14/h1-4,8H,5H2. The molecule has 0 radical (unpaired) electrons. The molecule has 1 nitrogen and oxygen atoms in total. The second-order valence-electron chi connectivity index (χ2n) is 2.79. The van der Waals surface area contributed by atoms with E-state index in [9.17, 15) is 13.2 Å². The van der Waals surface area contributed by atoms with E-state index in [0.29, 0.717) is 6.42 Å². The van der Waals surface area contributed by atoms with Crippen LogP contribution in [0.5, 0.6) is 5.75 Å². The van der Waals surface area contributed by atoms with Crippen molar-refractivity contribution in [1.82, 2.24) is 0 Å². The zero-order chi connectivity index (χ0) is 11.5. The van der Waals surface area contributed by atoms with Crippen molar-refractivity contribution in [3.05, 3.63) is 29.8 Å². The molecule has 15 heavy (non-hydrogen) atoms. The minimum Gasteiger partial charge on any atom is -0.406 e. The molecule has 0 fully saturated rings. The fourth-order valence-electron chi connectivity index (χ4n) is 1.05. The molecule has 0 amide bonds. The van der Waals surface area contributed by atoms with Gasteiger partial charge >= 0.3 is 6.36 Å². The average Bonchev–Trinajstić information content (AvgIpc) is 1.99. The maximum Gasteiger partial charge on any atom is 0.573 e. The molecule has 0 unspecified atom stereocenters. The molecule has 0 saturated carbocycles. The number of rotatable bonds is 3. The summed E-state index contributed by atoms with van der Waals surface area (Å²) in [6, 6.07) is 5.90. The van der Waals surface area contributed by atoms with Crippen LogP contribution in [0.3, 0.4) is 0 Å². The zero-order valence-corrected chi connectivity index (χ0v) is 10.6. The molecule has 6 heteroatoms. The van der Waals surface area contributed by atoms with E-state index in [-0.39, 0.29) is 9.49 Å². The second-order valence-corrected chi connectivity index (χ2v) is 6.23. The first-order chi connectivity index (χ1) is 6.87. The Kier molecular flexibility index (Phi) is 4.45. The van der Waals surface area contributed by atoms with Crippen LogP contribution in [0.25, 0.3) is 0 Å². The molecule has 0 spiro atoms. The van der Waals surface area contributed by atoms with Crippen LogP contribution in [0, 0.1) is 0 Å². The van der Waals surface area contributed by atoms with Crippen molar-refractivity contribution in [2.75, 3.05) is 0 Å². The number of alkyl halides is 5. The molecule has 0 aliphatic rings. The highest BCUT2D eigenvalue weighted by Crippen LogP contribution is 2.25. The monoisotopic (exact) mass is 346 g/mol. The molecule has 0 aliphatic heterocycles. The van der Waals surface area contributed by atoms with Crippen LogP contribution in [0.2, 0.25) is 0 Å². The third-order valence-electron chi connectivity index (χ3n) is 1.52. The third-order valence-corrected chi connectivity index (χ3v) is 2.17. The molecule has 0 bridgehead atoms. The van der Waals surface area contributed by atoms with E-state index in [1.807, 2.05) is 0 Å². The third kappa shape index (κ3) is 5.41. The number of halogens is 5. The van der Waals surface area contributed by atoms with E-state index < -0.39 is 6.36 Å². The minimum atomic E-state index is -4.64. The van der Waals surface area contributed by atoms with E-state index in [0.717, 1.165) is 5.56 Å². The summed E-state index contributed by atoms with van der Waals surface area (Å²) < 4.78 is 39.5. The highest BCUT2D eigenvalue weighted by Gasteiger charge is 2.31. The molecule has 0 N–H and O–H groups in total. The molecule has 0 atom stereocenters.